The summed E-state index contributed by atoms with van der Waals surface area (Å²) in [7, 11) is 1.31. The summed E-state index contributed by atoms with van der Waals surface area (Å²) in [5.41, 5.74) is 3.45. The molecule has 8 heteroatoms. The Bertz CT molecular complexity index is 1130. The minimum atomic E-state index is -0.520. The number of fused-ring (bicyclic) bond motifs is 1. The monoisotopic (exact) mass is 392 g/mol. The van der Waals surface area contributed by atoms with Gasteiger partial charge in [-0.2, -0.15) is 10.2 Å². The number of aryl methyl sites for hydroxylation is 1. The van der Waals surface area contributed by atoms with Crippen molar-refractivity contribution in [2.45, 2.75) is 19.9 Å². The van der Waals surface area contributed by atoms with Crippen LogP contribution in [0.4, 0.5) is 0 Å². The first-order chi connectivity index (χ1) is 14.0. The summed E-state index contributed by atoms with van der Waals surface area (Å²) in [6.07, 6.45) is 2.16. The average Bonchev–Trinajstić information content (AvgIpc) is 2.75. The molecule has 1 heterocycles. The number of amides is 1. The van der Waals surface area contributed by atoms with Crippen LogP contribution in [0.2, 0.25) is 0 Å². The maximum absolute atomic E-state index is 12.6. The van der Waals surface area contributed by atoms with Crippen molar-refractivity contribution in [3.8, 4) is 0 Å². The number of nitrogens with one attached hydrogen (secondary N) is 1. The van der Waals surface area contributed by atoms with E-state index in [0.717, 1.165) is 0 Å². The Morgan fingerprint density at radius 3 is 2.48 bits per heavy atom. The number of esters is 1. The lowest BCUT2D eigenvalue weighted by molar-refractivity contribution is 0.0600. The van der Waals surface area contributed by atoms with Crippen LogP contribution in [0.15, 0.2) is 58.4 Å². The van der Waals surface area contributed by atoms with Crippen molar-refractivity contribution in [1.82, 2.24) is 15.2 Å². The number of hydrazone groups is 1. The van der Waals surface area contributed by atoms with Crippen LogP contribution in [0, 0.1) is 0 Å². The van der Waals surface area contributed by atoms with Crippen molar-refractivity contribution in [3.05, 3.63) is 75.7 Å². The van der Waals surface area contributed by atoms with Crippen LogP contribution in [0.1, 0.15) is 39.8 Å². The quantitative estimate of drug-likeness (QED) is 0.394. The summed E-state index contributed by atoms with van der Waals surface area (Å²) in [6, 6.07) is 13.4. The molecular formula is C21H20N4O4. The summed E-state index contributed by atoms with van der Waals surface area (Å²) in [5, 5.41) is 9.08. The Kier molecular flexibility index (Phi) is 6.13. The molecule has 0 aliphatic heterocycles. The number of carbonyl (C=O) groups excluding carboxylic acids is 2. The third-order valence-corrected chi connectivity index (χ3v) is 4.23. The Morgan fingerprint density at radius 2 is 1.83 bits per heavy atom. The van der Waals surface area contributed by atoms with Crippen LogP contribution >= 0.6 is 0 Å². The topological polar surface area (TPSA) is 103 Å². The van der Waals surface area contributed by atoms with Crippen molar-refractivity contribution >= 4 is 28.9 Å². The SMILES string of the molecule is CCCn1nc(C(=O)NN=Cc2ccc(C(=O)OC)cc2)c2ccccc2c1=O. The predicted molar refractivity (Wildman–Crippen MR) is 109 cm³/mol. The fourth-order valence-corrected chi connectivity index (χ4v) is 2.81. The summed E-state index contributed by atoms with van der Waals surface area (Å²) in [5.74, 6) is -0.949. The molecule has 0 saturated carbocycles. The molecule has 0 spiro atoms. The summed E-state index contributed by atoms with van der Waals surface area (Å²) in [6.45, 7) is 2.35. The van der Waals surface area contributed by atoms with E-state index in [0.29, 0.717) is 34.9 Å². The van der Waals surface area contributed by atoms with Gasteiger partial charge in [-0.3, -0.25) is 9.59 Å². The van der Waals surface area contributed by atoms with Crippen molar-refractivity contribution in [2.24, 2.45) is 5.10 Å². The molecule has 0 bridgehead atoms. The molecule has 148 valence electrons. The zero-order valence-corrected chi connectivity index (χ0v) is 16.1. The summed E-state index contributed by atoms with van der Waals surface area (Å²) >= 11 is 0. The van der Waals surface area contributed by atoms with E-state index in [1.165, 1.54) is 18.0 Å². The number of hydrogen-bond donors (Lipinski definition) is 1. The molecule has 1 aromatic heterocycles. The predicted octanol–water partition coefficient (Wildman–Crippen LogP) is 2.36. The van der Waals surface area contributed by atoms with E-state index in [9.17, 15) is 14.4 Å². The van der Waals surface area contributed by atoms with Gasteiger partial charge in [0.1, 0.15) is 0 Å². The zero-order valence-electron chi connectivity index (χ0n) is 16.1. The van der Waals surface area contributed by atoms with Crippen molar-refractivity contribution < 1.29 is 14.3 Å². The zero-order chi connectivity index (χ0) is 20.8. The second-order valence-corrected chi connectivity index (χ2v) is 6.24. The molecule has 0 atom stereocenters. The molecule has 0 aliphatic carbocycles. The number of rotatable bonds is 6. The van der Waals surface area contributed by atoms with Gasteiger partial charge in [0.15, 0.2) is 5.69 Å². The molecule has 2 aromatic carbocycles. The molecule has 29 heavy (non-hydrogen) atoms. The normalized spacial score (nSPS) is 11.0. The largest absolute Gasteiger partial charge is 0.465 e. The van der Waals surface area contributed by atoms with Crippen LogP contribution in [-0.2, 0) is 11.3 Å². The highest BCUT2D eigenvalue weighted by Gasteiger charge is 2.16. The van der Waals surface area contributed by atoms with Gasteiger partial charge in [0.25, 0.3) is 11.5 Å². The highest BCUT2D eigenvalue weighted by atomic mass is 16.5. The van der Waals surface area contributed by atoms with Gasteiger partial charge in [-0.1, -0.05) is 37.3 Å². The Morgan fingerprint density at radius 1 is 1.14 bits per heavy atom. The Hall–Kier alpha value is -3.81. The van der Waals surface area contributed by atoms with Gasteiger partial charge in [-0.05, 0) is 30.2 Å². The van der Waals surface area contributed by atoms with Gasteiger partial charge in [0.05, 0.1) is 24.3 Å². The third-order valence-electron chi connectivity index (χ3n) is 4.23. The van der Waals surface area contributed by atoms with Gasteiger partial charge in [-0.15, -0.1) is 0 Å². The molecule has 0 radical (unpaired) electrons. The molecular weight excluding hydrogens is 372 g/mol. The van der Waals surface area contributed by atoms with E-state index < -0.39 is 11.9 Å². The number of carbonyl (C=O) groups is 2. The van der Waals surface area contributed by atoms with E-state index in [1.54, 1.807) is 48.5 Å². The third kappa shape index (κ3) is 4.37. The Labute approximate surface area is 166 Å². The summed E-state index contributed by atoms with van der Waals surface area (Å²) < 4.78 is 5.95. The van der Waals surface area contributed by atoms with Crippen LogP contribution in [0.25, 0.3) is 10.8 Å². The molecule has 0 saturated heterocycles. The molecule has 1 N–H and O–H groups in total. The lowest BCUT2D eigenvalue weighted by Crippen LogP contribution is -2.29. The van der Waals surface area contributed by atoms with Crippen LogP contribution in [0.5, 0.6) is 0 Å². The van der Waals surface area contributed by atoms with E-state index >= 15 is 0 Å². The van der Waals surface area contributed by atoms with Gasteiger partial charge in [0.2, 0.25) is 0 Å². The highest BCUT2D eigenvalue weighted by molar-refractivity contribution is 6.05. The molecule has 3 aromatic rings. The number of nitrogens with zero attached hydrogens (tertiary/aromatic N) is 3. The van der Waals surface area contributed by atoms with Gasteiger partial charge in [-0.25, -0.2) is 14.9 Å². The first-order valence-corrected chi connectivity index (χ1v) is 9.06. The molecule has 0 fully saturated rings. The fourth-order valence-electron chi connectivity index (χ4n) is 2.81. The second-order valence-electron chi connectivity index (χ2n) is 6.24. The van der Waals surface area contributed by atoms with E-state index in [4.69, 9.17) is 0 Å². The maximum Gasteiger partial charge on any atom is 0.337 e. The number of hydrogen-bond acceptors (Lipinski definition) is 6. The maximum atomic E-state index is 12.6. The fraction of sp³-hybridized carbons (Fsp3) is 0.190. The molecule has 0 aliphatic rings. The first kappa shape index (κ1) is 19.9. The van der Waals surface area contributed by atoms with Crippen LogP contribution in [0.3, 0.4) is 0 Å². The minimum Gasteiger partial charge on any atom is -0.465 e. The standard InChI is InChI=1S/C21H20N4O4/c1-3-12-25-20(27)17-7-5-4-6-16(17)18(24-25)19(26)23-22-13-14-8-10-15(11-9-14)21(28)29-2/h4-11,13H,3,12H2,1-2H3,(H,23,26). The summed E-state index contributed by atoms with van der Waals surface area (Å²) in [4.78, 5) is 36.6. The highest BCUT2D eigenvalue weighted by Crippen LogP contribution is 2.13. The van der Waals surface area contributed by atoms with Crippen molar-refractivity contribution in [1.29, 1.82) is 0 Å². The first-order valence-electron chi connectivity index (χ1n) is 9.06. The molecule has 1 amide bonds. The van der Waals surface area contributed by atoms with Crippen molar-refractivity contribution in [2.75, 3.05) is 7.11 Å². The Balaban J connectivity index is 1.83. The smallest absolute Gasteiger partial charge is 0.337 e. The van der Waals surface area contributed by atoms with Gasteiger partial charge >= 0.3 is 5.97 Å². The van der Waals surface area contributed by atoms with Crippen LogP contribution < -0.4 is 11.0 Å². The minimum absolute atomic E-state index is 0.131. The molecule has 3 rings (SSSR count). The van der Waals surface area contributed by atoms with Crippen LogP contribution in [-0.4, -0.2) is 35.0 Å². The number of methoxy groups -OCH3 is 1. The van der Waals surface area contributed by atoms with E-state index in [2.05, 4.69) is 20.4 Å². The average molecular weight is 392 g/mol. The number of ether oxygens (including phenoxy) is 1. The lowest BCUT2D eigenvalue weighted by Gasteiger charge is -2.09. The van der Waals surface area contributed by atoms with Gasteiger partial charge < -0.3 is 4.74 Å². The van der Waals surface area contributed by atoms with Crippen molar-refractivity contribution in [3.63, 3.8) is 0 Å². The number of benzene rings is 2. The lowest BCUT2D eigenvalue weighted by atomic mass is 10.1. The van der Waals surface area contributed by atoms with E-state index in [-0.39, 0.29) is 11.3 Å². The second kappa shape index (κ2) is 8.92. The molecule has 0 unspecified atom stereocenters. The van der Waals surface area contributed by atoms with E-state index in [1.807, 2.05) is 6.92 Å². The molecule has 8 nitrogen and oxygen atoms in total. The number of aromatic nitrogens is 2. The van der Waals surface area contributed by atoms with Gasteiger partial charge in [0, 0.05) is 11.9 Å².